The zero-order chi connectivity index (χ0) is 33.2. The molecular formula is C34H35N5O8. The van der Waals surface area contributed by atoms with Crippen LogP contribution in [0.5, 0.6) is 5.75 Å². The third kappa shape index (κ3) is 7.97. The highest BCUT2D eigenvalue weighted by Gasteiger charge is 2.58. The monoisotopic (exact) mass is 641 g/mol. The second kappa shape index (κ2) is 15.4. The van der Waals surface area contributed by atoms with E-state index in [-0.39, 0.29) is 32.9 Å². The lowest BCUT2D eigenvalue weighted by Crippen LogP contribution is -2.51. The van der Waals surface area contributed by atoms with Gasteiger partial charge in [-0.3, -0.25) is 18.7 Å². The number of nitrogens with zero attached hydrogens (tertiary/aromatic N) is 5. The lowest BCUT2D eigenvalue weighted by atomic mass is 9.95. The van der Waals surface area contributed by atoms with E-state index in [0.29, 0.717) is 11.3 Å². The van der Waals surface area contributed by atoms with Crippen molar-refractivity contribution < 1.29 is 28.5 Å². The van der Waals surface area contributed by atoms with E-state index in [9.17, 15) is 19.9 Å². The summed E-state index contributed by atoms with van der Waals surface area (Å²) in [6.07, 6.45) is -2.25. The Balaban J connectivity index is 1.55. The van der Waals surface area contributed by atoms with Crippen LogP contribution >= 0.6 is 0 Å². The highest BCUT2D eigenvalue weighted by molar-refractivity contribution is 5.66. The Morgan fingerprint density at radius 3 is 2.21 bits per heavy atom. The van der Waals surface area contributed by atoms with Gasteiger partial charge < -0.3 is 23.7 Å². The summed E-state index contributed by atoms with van der Waals surface area (Å²) in [5.74, 6) is -0.0242. The van der Waals surface area contributed by atoms with E-state index in [2.05, 4.69) is 10.0 Å². The zero-order valence-electron chi connectivity index (χ0n) is 26.0. The smallest absolute Gasteiger partial charge is 0.333 e. The molecule has 47 heavy (non-hydrogen) atoms. The Bertz CT molecular complexity index is 1810. The SMILES string of the molecule is COc1ccc(Cn2c(=O)ccn([C@@H]3O[C@](CN=[N+]=[N-])(COCc4ccccc4)[C@@H](OCc4ccccc4)[C@H]3OC(C)=O)c2=O)cc1. The number of benzene rings is 3. The summed E-state index contributed by atoms with van der Waals surface area (Å²) in [6, 6.07) is 27.0. The van der Waals surface area contributed by atoms with Crippen LogP contribution in [0.2, 0.25) is 0 Å². The number of hydrogen-bond donors (Lipinski definition) is 0. The van der Waals surface area contributed by atoms with Crippen LogP contribution in [0.15, 0.2) is 112 Å². The zero-order valence-corrected chi connectivity index (χ0v) is 26.0. The Labute approximate surface area is 270 Å². The van der Waals surface area contributed by atoms with Gasteiger partial charge in [-0.25, -0.2) is 4.79 Å². The number of ether oxygens (including phenoxy) is 5. The first-order chi connectivity index (χ1) is 22.8. The predicted molar refractivity (Wildman–Crippen MR) is 171 cm³/mol. The van der Waals surface area contributed by atoms with E-state index in [4.69, 9.17) is 23.7 Å². The Hall–Kier alpha value is -5.20. The molecule has 1 aliphatic rings. The molecule has 5 rings (SSSR count). The summed E-state index contributed by atoms with van der Waals surface area (Å²) in [5, 5.41) is 3.82. The van der Waals surface area contributed by atoms with Crippen LogP contribution in [-0.2, 0) is 43.5 Å². The van der Waals surface area contributed by atoms with Gasteiger partial charge in [0.05, 0.1) is 40.0 Å². The highest BCUT2D eigenvalue weighted by atomic mass is 16.6. The molecule has 1 saturated heterocycles. The normalized spacial score (nSPS) is 20.3. The molecule has 0 bridgehead atoms. The molecule has 4 atom stereocenters. The fourth-order valence-electron chi connectivity index (χ4n) is 5.50. The minimum absolute atomic E-state index is 0.0363. The standard InChI is InChI=1S/C34H35N5O8/c1-24(40)46-30-31(45-21-27-11-7-4-8-12-27)34(22-36-37-35,23-44-20-26-9-5-3-6-10-26)47-32(30)38-18-17-29(41)39(33(38)42)19-25-13-15-28(43-2)16-14-25/h3-18,30-32H,19-23H2,1-2H3/t30-,31+,32-,34-/m1/s1. The fraction of sp³-hybridized carbons (Fsp3) is 0.324. The maximum atomic E-state index is 14.0. The van der Waals surface area contributed by atoms with Crippen molar-refractivity contribution in [3.8, 4) is 5.75 Å². The van der Waals surface area contributed by atoms with Gasteiger partial charge in [-0.05, 0) is 34.4 Å². The van der Waals surface area contributed by atoms with Crippen LogP contribution in [0.25, 0.3) is 10.4 Å². The van der Waals surface area contributed by atoms with Crippen molar-refractivity contribution in [1.82, 2.24) is 9.13 Å². The van der Waals surface area contributed by atoms with Crippen LogP contribution in [0.1, 0.15) is 29.8 Å². The van der Waals surface area contributed by atoms with Gasteiger partial charge in [-0.2, -0.15) is 0 Å². The van der Waals surface area contributed by atoms with Crippen molar-refractivity contribution in [3.05, 3.63) is 145 Å². The van der Waals surface area contributed by atoms with Crippen LogP contribution in [0.4, 0.5) is 0 Å². The summed E-state index contributed by atoms with van der Waals surface area (Å²) in [7, 11) is 1.54. The average molecular weight is 642 g/mol. The number of carbonyl (C=O) groups excluding carboxylic acids is 1. The molecule has 244 valence electrons. The van der Waals surface area contributed by atoms with Gasteiger partial charge in [0.1, 0.15) is 17.5 Å². The second-order valence-electron chi connectivity index (χ2n) is 11.0. The molecule has 13 nitrogen and oxygen atoms in total. The third-order valence-electron chi connectivity index (χ3n) is 7.76. The Morgan fingerprint density at radius 1 is 0.936 bits per heavy atom. The molecule has 1 aliphatic heterocycles. The Morgan fingerprint density at radius 2 is 1.60 bits per heavy atom. The number of esters is 1. The maximum Gasteiger partial charge on any atom is 0.333 e. The first-order valence-corrected chi connectivity index (χ1v) is 14.9. The van der Waals surface area contributed by atoms with E-state index in [0.717, 1.165) is 15.7 Å². The first-order valence-electron chi connectivity index (χ1n) is 14.9. The summed E-state index contributed by atoms with van der Waals surface area (Å²) in [5.41, 5.74) is 9.01. The summed E-state index contributed by atoms with van der Waals surface area (Å²) >= 11 is 0. The molecule has 4 aromatic rings. The van der Waals surface area contributed by atoms with Gasteiger partial charge in [0.2, 0.25) is 0 Å². The van der Waals surface area contributed by atoms with E-state index in [1.54, 1.807) is 31.4 Å². The average Bonchev–Trinajstić information content (AvgIpc) is 3.37. The van der Waals surface area contributed by atoms with Crippen molar-refractivity contribution in [1.29, 1.82) is 0 Å². The number of rotatable bonds is 14. The molecule has 13 heteroatoms. The Kier molecular flexibility index (Phi) is 10.9. The van der Waals surface area contributed by atoms with Crippen LogP contribution in [-0.4, -0.2) is 53.2 Å². The quantitative estimate of drug-likeness (QED) is 0.0850. The van der Waals surface area contributed by atoms with Crippen LogP contribution in [0.3, 0.4) is 0 Å². The molecule has 0 saturated carbocycles. The molecule has 0 amide bonds. The lowest BCUT2D eigenvalue weighted by Gasteiger charge is -2.33. The van der Waals surface area contributed by atoms with Gasteiger partial charge in [-0.1, -0.05) is 77.9 Å². The molecule has 1 aromatic heterocycles. The van der Waals surface area contributed by atoms with Gasteiger partial charge in [-0.15, -0.1) is 0 Å². The van der Waals surface area contributed by atoms with Gasteiger partial charge in [0, 0.05) is 24.1 Å². The minimum Gasteiger partial charge on any atom is -0.497 e. The summed E-state index contributed by atoms with van der Waals surface area (Å²) < 4.78 is 32.4. The van der Waals surface area contributed by atoms with E-state index in [1.807, 2.05) is 60.7 Å². The van der Waals surface area contributed by atoms with E-state index < -0.39 is 41.3 Å². The number of carbonyl (C=O) groups is 1. The molecule has 0 spiro atoms. The maximum absolute atomic E-state index is 14.0. The van der Waals surface area contributed by atoms with Crippen LogP contribution in [0, 0.1) is 0 Å². The number of hydrogen-bond acceptors (Lipinski definition) is 9. The van der Waals surface area contributed by atoms with E-state index in [1.165, 1.54) is 23.8 Å². The van der Waals surface area contributed by atoms with Gasteiger partial charge in [0.25, 0.3) is 5.56 Å². The summed E-state index contributed by atoms with van der Waals surface area (Å²) in [4.78, 5) is 42.4. The largest absolute Gasteiger partial charge is 0.497 e. The second-order valence-corrected chi connectivity index (χ2v) is 11.0. The molecule has 2 heterocycles. The number of azide groups is 1. The summed E-state index contributed by atoms with van der Waals surface area (Å²) in [6.45, 7) is 1.07. The van der Waals surface area contributed by atoms with Gasteiger partial charge >= 0.3 is 11.7 Å². The van der Waals surface area contributed by atoms with Crippen molar-refractivity contribution in [2.45, 2.75) is 50.7 Å². The van der Waals surface area contributed by atoms with Crippen molar-refractivity contribution >= 4 is 5.97 Å². The lowest BCUT2D eigenvalue weighted by molar-refractivity contribution is -0.159. The molecule has 0 radical (unpaired) electrons. The van der Waals surface area contributed by atoms with Crippen molar-refractivity contribution in [2.24, 2.45) is 5.11 Å². The topological polar surface area (TPSA) is 156 Å². The molecule has 1 fully saturated rings. The molecular weight excluding hydrogens is 606 g/mol. The van der Waals surface area contributed by atoms with Crippen molar-refractivity contribution in [3.63, 3.8) is 0 Å². The molecule has 0 N–H and O–H groups in total. The number of methoxy groups -OCH3 is 1. The minimum atomic E-state index is -1.50. The van der Waals surface area contributed by atoms with E-state index >= 15 is 0 Å². The molecule has 0 unspecified atom stereocenters. The molecule has 3 aromatic carbocycles. The van der Waals surface area contributed by atoms with Crippen molar-refractivity contribution in [2.75, 3.05) is 20.3 Å². The highest BCUT2D eigenvalue weighted by Crippen LogP contribution is 2.42. The predicted octanol–water partition coefficient (Wildman–Crippen LogP) is 4.38. The number of aromatic nitrogens is 2. The van der Waals surface area contributed by atoms with Gasteiger partial charge in [0.15, 0.2) is 12.3 Å². The first kappa shape index (κ1) is 33.2. The third-order valence-corrected chi connectivity index (χ3v) is 7.76. The van der Waals surface area contributed by atoms with Crippen LogP contribution < -0.4 is 16.0 Å². The fourth-order valence-corrected chi connectivity index (χ4v) is 5.50. The molecule has 0 aliphatic carbocycles.